The van der Waals surface area contributed by atoms with E-state index in [9.17, 15) is 0 Å². The van der Waals surface area contributed by atoms with Crippen molar-refractivity contribution in [2.24, 2.45) is 0 Å². The average molecular weight is 276 g/mol. The number of fused-ring (bicyclic) bond motifs is 1. The van der Waals surface area contributed by atoms with Gasteiger partial charge in [-0.05, 0) is 44.9 Å². The summed E-state index contributed by atoms with van der Waals surface area (Å²) in [7, 11) is 0. The van der Waals surface area contributed by atoms with Crippen molar-refractivity contribution in [1.82, 2.24) is 14.5 Å². The first-order valence-electron chi connectivity index (χ1n) is 6.72. The molecule has 3 rings (SSSR count). The number of aryl methyl sites for hydroxylation is 1. The van der Waals surface area contributed by atoms with E-state index in [-0.39, 0.29) is 0 Å². The number of nitrogen functional groups attached to an aromatic ring is 1. The topological polar surface area (TPSA) is 56.7 Å². The van der Waals surface area contributed by atoms with Gasteiger partial charge in [0.2, 0.25) is 0 Å². The summed E-state index contributed by atoms with van der Waals surface area (Å²) in [6.45, 7) is 7.62. The molecule has 0 spiro atoms. The standard InChI is InChI=1S/C14H20N4S/c1-9-10(2)18(7-14(3)5-4-6-19-14)13-11(9)12(15)16-8-17-13/h8H,4-7H2,1-3H3,(H2,15,16,17). The molecule has 1 unspecified atom stereocenters. The number of nitrogens with two attached hydrogens (primary N) is 1. The van der Waals surface area contributed by atoms with E-state index >= 15 is 0 Å². The second-order valence-electron chi connectivity index (χ2n) is 5.66. The summed E-state index contributed by atoms with van der Waals surface area (Å²) in [4.78, 5) is 8.58. The lowest BCUT2D eigenvalue weighted by Crippen LogP contribution is -2.24. The molecule has 19 heavy (non-hydrogen) atoms. The third kappa shape index (κ3) is 2.00. The van der Waals surface area contributed by atoms with Crippen molar-refractivity contribution in [2.45, 2.75) is 44.9 Å². The van der Waals surface area contributed by atoms with Crippen LogP contribution < -0.4 is 5.73 Å². The Morgan fingerprint density at radius 3 is 2.89 bits per heavy atom. The SMILES string of the molecule is Cc1c(C)n(CC2(C)CCCS2)c2ncnc(N)c12. The fourth-order valence-corrected chi connectivity index (χ4v) is 4.28. The van der Waals surface area contributed by atoms with Gasteiger partial charge in [-0.25, -0.2) is 9.97 Å². The first-order chi connectivity index (χ1) is 9.02. The van der Waals surface area contributed by atoms with Crippen LogP contribution in [0.25, 0.3) is 11.0 Å². The molecule has 1 fully saturated rings. The van der Waals surface area contributed by atoms with Crippen molar-refractivity contribution in [3.63, 3.8) is 0 Å². The molecule has 0 bridgehead atoms. The van der Waals surface area contributed by atoms with Crippen LogP contribution >= 0.6 is 11.8 Å². The van der Waals surface area contributed by atoms with Crippen molar-refractivity contribution >= 4 is 28.6 Å². The zero-order chi connectivity index (χ0) is 13.6. The molecule has 3 heterocycles. The Morgan fingerprint density at radius 1 is 1.42 bits per heavy atom. The zero-order valence-electron chi connectivity index (χ0n) is 11.7. The summed E-state index contributed by atoms with van der Waals surface area (Å²) < 4.78 is 2.64. The number of hydrogen-bond donors (Lipinski definition) is 1. The predicted molar refractivity (Wildman–Crippen MR) is 81.5 cm³/mol. The first-order valence-corrected chi connectivity index (χ1v) is 7.70. The Hall–Kier alpha value is -1.23. The third-order valence-corrected chi connectivity index (χ3v) is 5.75. The van der Waals surface area contributed by atoms with Crippen LogP contribution in [0.3, 0.4) is 0 Å². The molecule has 4 nitrogen and oxygen atoms in total. The zero-order valence-corrected chi connectivity index (χ0v) is 12.5. The van der Waals surface area contributed by atoms with Gasteiger partial charge in [0.1, 0.15) is 17.8 Å². The fourth-order valence-electron chi connectivity index (χ4n) is 2.99. The quantitative estimate of drug-likeness (QED) is 0.916. The van der Waals surface area contributed by atoms with E-state index in [2.05, 4.69) is 47.1 Å². The molecule has 0 saturated carbocycles. The Bertz CT molecular complexity index is 626. The van der Waals surface area contributed by atoms with Crippen LogP contribution in [0.5, 0.6) is 0 Å². The molecule has 1 saturated heterocycles. The van der Waals surface area contributed by atoms with Crippen LogP contribution in [-0.2, 0) is 6.54 Å². The van der Waals surface area contributed by atoms with E-state index in [0.29, 0.717) is 10.6 Å². The molecule has 0 radical (unpaired) electrons. The van der Waals surface area contributed by atoms with E-state index in [0.717, 1.165) is 17.6 Å². The molecule has 2 aromatic rings. The van der Waals surface area contributed by atoms with E-state index < -0.39 is 0 Å². The van der Waals surface area contributed by atoms with E-state index in [1.54, 1.807) is 6.33 Å². The Balaban J connectivity index is 2.13. The summed E-state index contributed by atoms with van der Waals surface area (Å²) in [5.41, 5.74) is 9.46. The van der Waals surface area contributed by atoms with Crippen LogP contribution in [-0.4, -0.2) is 25.0 Å². The minimum Gasteiger partial charge on any atom is -0.383 e. The lowest BCUT2D eigenvalue weighted by molar-refractivity contribution is 0.512. The molecule has 2 N–H and O–H groups in total. The highest BCUT2D eigenvalue weighted by Gasteiger charge is 2.31. The smallest absolute Gasteiger partial charge is 0.145 e. The van der Waals surface area contributed by atoms with E-state index in [1.165, 1.54) is 29.9 Å². The number of nitrogens with zero attached hydrogens (tertiary/aromatic N) is 3. The average Bonchev–Trinajstić information content (AvgIpc) is 2.89. The molecule has 0 aliphatic carbocycles. The van der Waals surface area contributed by atoms with Crippen LogP contribution in [0.1, 0.15) is 31.0 Å². The highest BCUT2D eigenvalue weighted by Crippen LogP contribution is 2.40. The van der Waals surface area contributed by atoms with Gasteiger partial charge in [-0.15, -0.1) is 0 Å². The van der Waals surface area contributed by atoms with Gasteiger partial charge in [-0.1, -0.05) is 0 Å². The Labute approximate surface area is 117 Å². The minimum absolute atomic E-state index is 0.322. The van der Waals surface area contributed by atoms with Gasteiger partial charge < -0.3 is 10.3 Å². The number of anilines is 1. The highest BCUT2D eigenvalue weighted by atomic mass is 32.2. The van der Waals surface area contributed by atoms with Crippen LogP contribution in [0.4, 0.5) is 5.82 Å². The predicted octanol–water partition coefficient (Wildman–Crippen LogP) is 2.92. The maximum Gasteiger partial charge on any atom is 0.145 e. The maximum atomic E-state index is 6.01. The number of hydrogen-bond acceptors (Lipinski definition) is 4. The van der Waals surface area contributed by atoms with Crippen molar-refractivity contribution in [2.75, 3.05) is 11.5 Å². The van der Waals surface area contributed by atoms with Crippen LogP contribution in [0, 0.1) is 13.8 Å². The minimum atomic E-state index is 0.322. The molecule has 0 aromatic carbocycles. The van der Waals surface area contributed by atoms with Crippen LogP contribution in [0.2, 0.25) is 0 Å². The molecular formula is C14H20N4S. The Morgan fingerprint density at radius 2 is 2.21 bits per heavy atom. The summed E-state index contributed by atoms with van der Waals surface area (Å²) in [5.74, 6) is 1.86. The molecule has 102 valence electrons. The molecule has 1 aliphatic rings. The lowest BCUT2D eigenvalue weighted by atomic mass is 10.1. The largest absolute Gasteiger partial charge is 0.383 e. The second kappa shape index (κ2) is 4.40. The molecule has 1 atom stereocenters. The van der Waals surface area contributed by atoms with Crippen molar-refractivity contribution in [3.05, 3.63) is 17.6 Å². The van der Waals surface area contributed by atoms with Crippen LogP contribution in [0.15, 0.2) is 6.33 Å². The monoisotopic (exact) mass is 276 g/mol. The molecule has 0 amide bonds. The number of aromatic nitrogens is 3. The lowest BCUT2D eigenvalue weighted by Gasteiger charge is -2.24. The van der Waals surface area contributed by atoms with Gasteiger partial charge in [0.15, 0.2) is 0 Å². The van der Waals surface area contributed by atoms with Gasteiger partial charge >= 0.3 is 0 Å². The van der Waals surface area contributed by atoms with Crippen molar-refractivity contribution in [3.8, 4) is 0 Å². The molecule has 5 heteroatoms. The highest BCUT2D eigenvalue weighted by molar-refractivity contribution is 8.00. The summed E-state index contributed by atoms with van der Waals surface area (Å²) >= 11 is 2.07. The Kier molecular flexibility index (Phi) is 2.96. The van der Waals surface area contributed by atoms with E-state index in [4.69, 9.17) is 5.73 Å². The normalized spacial score (nSPS) is 23.3. The van der Waals surface area contributed by atoms with Crippen molar-refractivity contribution in [1.29, 1.82) is 0 Å². The summed E-state index contributed by atoms with van der Waals surface area (Å²) in [6.07, 6.45) is 4.16. The molecular weight excluding hydrogens is 256 g/mol. The molecule has 1 aliphatic heterocycles. The third-order valence-electron chi connectivity index (χ3n) is 4.23. The van der Waals surface area contributed by atoms with Gasteiger partial charge in [0.05, 0.1) is 5.39 Å². The summed E-state index contributed by atoms with van der Waals surface area (Å²) in [5, 5.41) is 1.02. The number of thioether (sulfide) groups is 1. The van der Waals surface area contributed by atoms with Gasteiger partial charge in [-0.2, -0.15) is 11.8 Å². The van der Waals surface area contributed by atoms with Crippen molar-refractivity contribution < 1.29 is 0 Å². The second-order valence-corrected chi connectivity index (χ2v) is 7.34. The summed E-state index contributed by atoms with van der Waals surface area (Å²) in [6, 6.07) is 0. The first kappa shape index (κ1) is 12.8. The number of rotatable bonds is 2. The van der Waals surface area contributed by atoms with Gasteiger partial charge in [-0.3, -0.25) is 0 Å². The van der Waals surface area contributed by atoms with Gasteiger partial charge in [0, 0.05) is 17.0 Å². The van der Waals surface area contributed by atoms with E-state index in [1.807, 2.05) is 0 Å². The maximum absolute atomic E-state index is 6.01. The van der Waals surface area contributed by atoms with Gasteiger partial charge in [0.25, 0.3) is 0 Å². The molecule has 2 aromatic heterocycles. The fraction of sp³-hybridized carbons (Fsp3) is 0.571.